The normalized spacial score (nSPS) is 14.7. The topological polar surface area (TPSA) is 64.3 Å². The molecule has 4 nitrogen and oxygen atoms in total. The van der Waals surface area contributed by atoms with Crippen LogP contribution in [0.3, 0.4) is 0 Å². The maximum absolute atomic E-state index is 12.8. The maximum Gasteiger partial charge on any atom is 0.412 e. The molecular formula is C15H22F2N2O2. The molecule has 0 radical (unpaired) electrons. The molecule has 118 valence electrons. The Balaban J connectivity index is 2.75. The van der Waals surface area contributed by atoms with E-state index in [4.69, 9.17) is 10.5 Å². The standard InChI is InChI=1S/C15H22F2N2O2/c1-14(2,3)21-13(20)19-11-7-5-6-10(8-11)9-15(4,18)12(16)17/h5-8,12H,9,18H2,1-4H3,(H,19,20). The van der Waals surface area contributed by atoms with Crippen LogP contribution >= 0.6 is 0 Å². The SMILES string of the molecule is CC(C)(C)OC(=O)Nc1cccc(CC(C)(N)C(F)F)c1. The number of amides is 1. The Hall–Kier alpha value is -1.69. The lowest BCUT2D eigenvalue weighted by Crippen LogP contribution is -2.45. The van der Waals surface area contributed by atoms with Crippen LogP contribution in [0, 0.1) is 0 Å². The Labute approximate surface area is 123 Å². The highest BCUT2D eigenvalue weighted by Gasteiger charge is 2.30. The molecule has 0 aliphatic rings. The Bertz CT molecular complexity index is 497. The highest BCUT2D eigenvalue weighted by molar-refractivity contribution is 5.84. The smallest absolute Gasteiger partial charge is 0.412 e. The van der Waals surface area contributed by atoms with Crippen LogP contribution < -0.4 is 11.1 Å². The number of ether oxygens (including phenoxy) is 1. The number of nitrogens with two attached hydrogens (primary N) is 1. The quantitative estimate of drug-likeness (QED) is 0.893. The lowest BCUT2D eigenvalue weighted by atomic mass is 9.94. The van der Waals surface area contributed by atoms with Crippen molar-refractivity contribution in [1.29, 1.82) is 0 Å². The summed E-state index contributed by atoms with van der Waals surface area (Å²) in [6.45, 7) is 6.56. The molecule has 6 heteroatoms. The number of rotatable bonds is 4. The van der Waals surface area contributed by atoms with Gasteiger partial charge in [-0.15, -0.1) is 0 Å². The van der Waals surface area contributed by atoms with E-state index in [1.165, 1.54) is 6.92 Å². The van der Waals surface area contributed by atoms with E-state index >= 15 is 0 Å². The zero-order valence-electron chi connectivity index (χ0n) is 12.7. The van der Waals surface area contributed by atoms with Crippen LogP contribution in [-0.4, -0.2) is 23.7 Å². The van der Waals surface area contributed by atoms with Crippen molar-refractivity contribution in [3.05, 3.63) is 29.8 Å². The third kappa shape index (κ3) is 6.08. The number of halogens is 2. The summed E-state index contributed by atoms with van der Waals surface area (Å²) in [5.74, 6) is 0. The fourth-order valence-electron chi connectivity index (χ4n) is 1.70. The molecule has 0 spiro atoms. The summed E-state index contributed by atoms with van der Waals surface area (Å²) in [4.78, 5) is 11.7. The monoisotopic (exact) mass is 300 g/mol. The number of alkyl halides is 2. The second-order valence-corrected chi connectivity index (χ2v) is 6.31. The fourth-order valence-corrected chi connectivity index (χ4v) is 1.70. The molecule has 0 heterocycles. The summed E-state index contributed by atoms with van der Waals surface area (Å²) in [6, 6.07) is 6.62. The van der Waals surface area contributed by atoms with Crippen molar-refractivity contribution in [2.24, 2.45) is 5.73 Å². The molecule has 1 amide bonds. The molecule has 0 fully saturated rings. The summed E-state index contributed by atoms with van der Waals surface area (Å²) in [5, 5.41) is 2.56. The van der Waals surface area contributed by atoms with Gasteiger partial charge in [-0.2, -0.15) is 0 Å². The summed E-state index contributed by atoms with van der Waals surface area (Å²) < 4.78 is 30.7. The maximum atomic E-state index is 12.8. The fraction of sp³-hybridized carbons (Fsp3) is 0.533. The van der Waals surface area contributed by atoms with Crippen molar-refractivity contribution in [3.8, 4) is 0 Å². The van der Waals surface area contributed by atoms with Crippen LogP contribution in [0.4, 0.5) is 19.3 Å². The Morgan fingerprint density at radius 1 is 1.33 bits per heavy atom. The molecule has 1 aromatic carbocycles. The average Bonchev–Trinajstić information content (AvgIpc) is 2.25. The summed E-state index contributed by atoms with van der Waals surface area (Å²) in [5.41, 5.74) is 4.45. The van der Waals surface area contributed by atoms with Crippen molar-refractivity contribution in [2.45, 2.75) is 51.7 Å². The minimum atomic E-state index is -2.63. The van der Waals surface area contributed by atoms with Gasteiger partial charge in [-0.25, -0.2) is 13.6 Å². The average molecular weight is 300 g/mol. The van der Waals surface area contributed by atoms with Crippen molar-refractivity contribution < 1.29 is 18.3 Å². The second kappa shape index (κ2) is 6.39. The molecule has 21 heavy (non-hydrogen) atoms. The zero-order chi connectivity index (χ0) is 16.3. The first-order valence-corrected chi connectivity index (χ1v) is 6.65. The Morgan fingerprint density at radius 2 is 1.95 bits per heavy atom. The first kappa shape index (κ1) is 17.4. The number of hydrogen-bond acceptors (Lipinski definition) is 3. The van der Waals surface area contributed by atoms with E-state index in [-0.39, 0.29) is 6.42 Å². The van der Waals surface area contributed by atoms with Crippen LogP contribution in [0.15, 0.2) is 24.3 Å². The van der Waals surface area contributed by atoms with Crippen LogP contribution in [0.25, 0.3) is 0 Å². The number of hydrogen-bond donors (Lipinski definition) is 2. The van der Waals surface area contributed by atoms with E-state index in [2.05, 4.69) is 5.32 Å². The van der Waals surface area contributed by atoms with E-state index in [9.17, 15) is 13.6 Å². The largest absolute Gasteiger partial charge is 0.444 e. The van der Waals surface area contributed by atoms with Gasteiger partial charge in [0.25, 0.3) is 6.43 Å². The Morgan fingerprint density at radius 3 is 2.48 bits per heavy atom. The number of anilines is 1. The summed E-state index contributed by atoms with van der Waals surface area (Å²) in [7, 11) is 0. The van der Waals surface area contributed by atoms with Gasteiger partial charge < -0.3 is 10.5 Å². The molecule has 0 bridgehead atoms. The van der Waals surface area contributed by atoms with Gasteiger partial charge in [-0.3, -0.25) is 5.32 Å². The minimum Gasteiger partial charge on any atom is -0.444 e. The zero-order valence-corrected chi connectivity index (χ0v) is 12.7. The van der Waals surface area contributed by atoms with Crippen LogP contribution in [0.1, 0.15) is 33.3 Å². The molecule has 0 saturated carbocycles. The van der Waals surface area contributed by atoms with Crippen LogP contribution in [0.2, 0.25) is 0 Å². The third-order valence-electron chi connectivity index (χ3n) is 2.66. The van der Waals surface area contributed by atoms with E-state index in [0.717, 1.165) is 0 Å². The van der Waals surface area contributed by atoms with Gasteiger partial charge in [0.1, 0.15) is 5.60 Å². The lowest BCUT2D eigenvalue weighted by molar-refractivity contribution is 0.0630. The lowest BCUT2D eigenvalue weighted by Gasteiger charge is -2.24. The van der Waals surface area contributed by atoms with Crippen molar-refractivity contribution >= 4 is 11.8 Å². The van der Waals surface area contributed by atoms with Crippen molar-refractivity contribution in [1.82, 2.24) is 0 Å². The number of nitrogens with one attached hydrogen (secondary N) is 1. The predicted octanol–water partition coefficient (Wildman–Crippen LogP) is 3.56. The van der Waals surface area contributed by atoms with E-state index in [1.807, 2.05) is 0 Å². The third-order valence-corrected chi connectivity index (χ3v) is 2.66. The second-order valence-electron chi connectivity index (χ2n) is 6.31. The Kier molecular flexibility index (Phi) is 5.28. The molecule has 0 aliphatic carbocycles. The number of carbonyl (C=O) groups is 1. The molecular weight excluding hydrogens is 278 g/mol. The van der Waals surface area contributed by atoms with E-state index in [0.29, 0.717) is 11.3 Å². The van der Waals surface area contributed by atoms with Gasteiger partial charge in [-0.1, -0.05) is 12.1 Å². The van der Waals surface area contributed by atoms with Gasteiger partial charge in [0, 0.05) is 5.69 Å². The highest BCUT2D eigenvalue weighted by atomic mass is 19.3. The first-order valence-electron chi connectivity index (χ1n) is 6.65. The molecule has 1 atom stereocenters. The molecule has 1 rings (SSSR count). The van der Waals surface area contributed by atoms with Gasteiger partial charge in [0.15, 0.2) is 0 Å². The molecule has 1 aromatic rings. The van der Waals surface area contributed by atoms with Gasteiger partial charge in [0.2, 0.25) is 0 Å². The van der Waals surface area contributed by atoms with E-state index in [1.54, 1.807) is 45.0 Å². The molecule has 1 unspecified atom stereocenters. The number of carbonyl (C=O) groups excluding carboxylic acids is 1. The van der Waals surface area contributed by atoms with Gasteiger partial charge >= 0.3 is 6.09 Å². The number of benzene rings is 1. The first-order chi connectivity index (χ1) is 9.49. The minimum absolute atomic E-state index is 0.00844. The molecule has 0 saturated heterocycles. The van der Waals surface area contributed by atoms with Gasteiger partial charge in [0.05, 0.1) is 5.54 Å². The molecule has 0 aromatic heterocycles. The van der Waals surface area contributed by atoms with E-state index < -0.39 is 23.7 Å². The summed E-state index contributed by atoms with van der Waals surface area (Å²) >= 11 is 0. The van der Waals surface area contributed by atoms with Crippen LogP contribution in [0.5, 0.6) is 0 Å². The predicted molar refractivity (Wildman–Crippen MR) is 78.6 cm³/mol. The van der Waals surface area contributed by atoms with Gasteiger partial charge in [-0.05, 0) is 51.8 Å². The highest BCUT2D eigenvalue weighted by Crippen LogP contribution is 2.21. The molecule has 3 N–H and O–H groups in total. The summed E-state index contributed by atoms with van der Waals surface area (Å²) in [6.07, 6.45) is -3.21. The van der Waals surface area contributed by atoms with Crippen molar-refractivity contribution in [2.75, 3.05) is 5.32 Å². The van der Waals surface area contributed by atoms with Crippen LogP contribution in [-0.2, 0) is 11.2 Å². The van der Waals surface area contributed by atoms with Crippen molar-refractivity contribution in [3.63, 3.8) is 0 Å². The molecule has 0 aliphatic heterocycles.